The maximum Gasteiger partial charge on any atom is 0.340 e. The van der Waals surface area contributed by atoms with Crippen LogP contribution in [0, 0.1) is 10.1 Å². The first-order valence-corrected chi connectivity index (χ1v) is 8.40. The molecule has 0 saturated carbocycles. The zero-order valence-corrected chi connectivity index (χ0v) is 15.6. The Bertz CT molecular complexity index is 904. The lowest BCUT2D eigenvalue weighted by Crippen LogP contribution is -2.31. The maximum atomic E-state index is 12.0. The molecule has 27 heavy (non-hydrogen) atoms. The Balaban J connectivity index is 1.93. The number of carbonyl (C=O) groups is 2. The largest absolute Gasteiger partial charge is 0.452 e. The number of benzene rings is 2. The van der Waals surface area contributed by atoms with Gasteiger partial charge >= 0.3 is 5.97 Å². The van der Waals surface area contributed by atoms with Gasteiger partial charge in [-0.05, 0) is 30.7 Å². The van der Waals surface area contributed by atoms with Crippen LogP contribution in [0.5, 0.6) is 0 Å². The SMILES string of the molecule is C[C@H](NC(=O)COC(=O)c1ccc([N+](=O)[O-])cc1N)c1ccc(Cl)c(Cl)c1. The van der Waals surface area contributed by atoms with Crippen LogP contribution >= 0.6 is 23.2 Å². The number of anilines is 1. The van der Waals surface area contributed by atoms with Crippen molar-refractivity contribution in [1.82, 2.24) is 5.32 Å². The molecule has 1 amide bonds. The van der Waals surface area contributed by atoms with Crippen LogP contribution < -0.4 is 11.1 Å². The lowest BCUT2D eigenvalue weighted by Gasteiger charge is -2.15. The van der Waals surface area contributed by atoms with E-state index in [0.717, 1.165) is 17.7 Å². The molecule has 0 bridgehead atoms. The monoisotopic (exact) mass is 411 g/mol. The Morgan fingerprint density at radius 1 is 1.22 bits per heavy atom. The summed E-state index contributed by atoms with van der Waals surface area (Å²) < 4.78 is 4.90. The lowest BCUT2D eigenvalue weighted by atomic mass is 10.1. The van der Waals surface area contributed by atoms with Crippen LogP contribution in [0.2, 0.25) is 10.0 Å². The Morgan fingerprint density at radius 3 is 2.52 bits per heavy atom. The summed E-state index contributed by atoms with van der Waals surface area (Å²) >= 11 is 11.8. The number of nitrogen functional groups attached to an aromatic ring is 1. The smallest absolute Gasteiger partial charge is 0.340 e. The Labute approximate surface area is 164 Å². The number of nitrogens with two attached hydrogens (primary N) is 1. The molecule has 1 atom stereocenters. The van der Waals surface area contributed by atoms with Gasteiger partial charge in [0, 0.05) is 12.1 Å². The third-order valence-corrected chi connectivity index (χ3v) is 4.36. The zero-order valence-electron chi connectivity index (χ0n) is 14.1. The van der Waals surface area contributed by atoms with Crippen molar-refractivity contribution in [3.8, 4) is 0 Å². The molecule has 0 saturated heterocycles. The van der Waals surface area contributed by atoms with Crippen LogP contribution in [0.4, 0.5) is 11.4 Å². The number of ether oxygens (including phenoxy) is 1. The van der Waals surface area contributed by atoms with Gasteiger partial charge in [-0.2, -0.15) is 0 Å². The molecule has 10 heteroatoms. The average molecular weight is 412 g/mol. The quantitative estimate of drug-likeness (QED) is 0.324. The van der Waals surface area contributed by atoms with Crippen molar-refractivity contribution in [2.45, 2.75) is 13.0 Å². The van der Waals surface area contributed by atoms with E-state index < -0.39 is 29.4 Å². The number of halogens is 2. The van der Waals surface area contributed by atoms with Crippen molar-refractivity contribution in [3.63, 3.8) is 0 Å². The highest BCUT2D eigenvalue weighted by Gasteiger charge is 2.17. The number of non-ortho nitro benzene ring substituents is 1. The summed E-state index contributed by atoms with van der Waals surface area (Å²) in [6, 6.07) is 7.89. The number of nitro groups is 1. The second-order valence-corrected chi connectivity index (χ2v) is 6.38. The van der Waals surface area contributed by atoms with Gasteiger partial charge in [0.05, 0.1) is 32.3 Å². The summed E-state index contributed by atoms with van der Waals surface area (Å²) in [5.41, 5.74) is 5.92. The second-order valence-electron chi connectivity index (χ2n) is 5.57. The summed E-state index contributed by atoms with van der Waals surface area (Å²) in [5.74, 6) is -1.40. The van der Waals surface area contributed by atoms with Gasteiger partial charge in [-0.1, -0.05) is 29.3 Å². The third kappa shape index (κ3) is 5.32. The molecule has 0 aliphatic carbocycles. The molecule has 3 N–H and O–H groups in total. The predicted molar refractivity (Wildman–Crippen MR) is 101 cm³/mol. The highest BCUT2D eigenvalue weighted by atomic mass is 35.5. The Hall–Kier alpha value is -2.84. The van der Waals surface area contributed by atoms with Gasteiger partial charge in [-0.15, -0.1) is 0 Å². The van der Waals surface area contributed by atoms with Crippen molar-refractivity contribution >= 4 is 46.5 Å². The number of nitrogens with one attached hydrogen (secondary N) is 1. The van der Waals surface area contributed by atoms with Crippen LogP contribution in [0.3, 0.4) is 0 Å². The van der Waals surface area contributed by atoms with E-state index in [2.05, 4.69) is 5.32 Å². The van der Waals surface area contributed by atoms with Crippen LogP contribution in [-0.2, 0) is 9.53 Å². The second kappa shape index (κ2) is 8.70. The van der Waals surface area contributed by atoms with Crippen LogP contribution in [0.1, 0.15) is 28.9 Å². The standard InChI is InChI=1S/C17H15Cl2N3O5/c1-9(10-2-5-13(18)14(19)6-10)21-16(23)8-27-17(24)12-4-3-11(22(25)26)7-15(12)20/h2-7,9H,8,20H2,1H3,(H,21,23)/t9-/m0/s1. The number of rotatable bonds is 6. The third-order valence-electron chi connectivity index (χ3n) is 3.62. The molecule has 0 heterocycles. The van der Waals surface area contributed by atoms with E-state index in [4.69, 9.17) is 33.7 Å². The molecule has 142 valence electrons. The fourth-order valence-electron chi connectivity index (χ4n) is 2.21. The van der Waals surface area contributed by atoms with E-state index in [1.807, 2.05) is 0 Å². The normalized spacial score (nSPS) is 11.5. The van der Waals surface area contributed by atoms with Gasteiger partial charge in [-0.25, -0.2) is 4.79 Å². The average Bonchev–Trinajstić information content (AvgIpc) is 2.61. The number of amides is 1. The van der Waals surface area contributed by atoms with Crippen LogP contribution in [-0.4, -0.2) is 23.4 Å². The lowest BCUT2D eigenvalue weighted by molar-refractivity contribution is -0.384. The molecule has 0 aromatic heterocycles. The molecule has 0 unspecified atom stereocenters. The van der Waals surface area contributed by atoms with Crippen molar-refractivity contribution in [1.29, 1.82) is 0 Å². The van der Waals surface area contributed by atoms with Crippen molar-refractivity contribution in [2.24, 2.45) is 0 Å². The van der Waals surface area contributed by atoms with Gasteiger partial charge in [0.25, 0.3) is 11.6 Å². The van der Waals surface area contributed by atoms with E-state index in [1.54, 1.807) is 25.1 Å². The number of carbonyl (C=O) groups excluding carboxylic acids is 2. The van der Waals surface area contributed by atoms with Gasteiger partial charge in [-0.3, -0.25) is 14.9 Å². The van der Waals surface area contributed by atoms with Crippen LogP contribution in [0.15, 0.2) is 36.4 Å². The molecular formula is C17H15Cl2N3O5. The molecule has 0 aliphatic rings. The first kappa shape index (κ1) is 20.5. The first-order valence-electron chi connectivity index (χ1n) is 7.64. The number of nitrogens with zero attached hydrogens (tertiary/aromatic N) is 1. The van der Waals surface area contributed by atoms with Crippen molar-refractivity contribution < 1.29 is 19.2 Å². The summed E-state index contributed by atoms with van der Waals surface area (Å²) in [5, 5.41) is 14.1. The fraction of sp³-hybridized carbons (Fsp3) is 0.176. The highest BCUT2D eigenvalue weighted by molar-refractivity contribution is 6.42. The van der Waals surface area contributed by atoms with E-state index in [0.29, 0.717) is 10.0 Å². The van der Waals surface area contributed by atoms with Crippen LogP contribution in [0.25, 0.3) is 0 Å². The molecule has 2 aromatic rings. The molecule has 8 nitrogen and oxygen atoms in total. The van der Waals surface area contributed by atoms with Gasteiger partial charge in [0.15, 0.2) is 6.61 Å². The van der Waals surface area contributed by atoms with Crippen molar-refractivity contribution in [3.05, 3.63) is 67.7 Å². The summed E-state index contributed by atoms with van der Waals surface area (Å²) in [7, 11) is 0. The zero-order chi connectivity index (χ0) is 20.1. The van der Waals surface area contributed by atoms with E-state index in [-0.39, 0.29) is 16.9 Å². The van der Waals surface area contributed by atoms with E-state index in [9.17, 15) is 19.7 Å². The number of hydrogen-bond donors (Lipinski definition) is 2. The van der Waals surface area contributed by atoms with Crippen molar-refractivity contribution in [2.75, 3.05) is 12.3 Å². The molecule has 0 aliphatic heterocycles. The number of esters is 1. The molecule has 2 aromatic carbocycles. The summed E-state index contributed by atoms with van der Waals surface area (Å²) in [6.45, 7) is 1.19. The summed E-state index contributed by atoms with van der Waals surface area (Å²) in [6.07, 6.45) is 0. The Morgan fingerprint density at radius 2 is 1.93 bits per heavy atom. The molecule has 2 rings (SSSR count). The highest BCUT2D eigenvalue weighted by Crippen LogP contribution is 2.25. The minimum absolute atomic E-state index is 0.0640. The molecule has 0 spiro atoms. The molecular weight excluding hydrogens is 397 g/mol. The van der Waals surface area contributed by atoms with Gasteiger partial charge in [0.2, 0.25) is 0 Å². The summed E-state index contributed by atoms with van der Waals surface area (Å²) in [4.78, 5) is 34.0. The minimum atomic E-state index is -0.861. The fourth-order valence-corrected chi connectivity index (χ4v) is 2.51. The van der Waals surface area contributed by atoms with E-state index >= 15 is 0 Å². The predicted octanol–water partition coefficient (Wildman–Crippen LogP) is 3.52. The van der Waals surface area contributed by atoms with E-state index in [1.165, 1.54) is 6.07 Å². The topological polar surface area (TPSA) is 125 Å². The number of nitro benzene ring substituents is 1. The minimum Gasteiger partial charge on any atom is -0.452 e. The number of hydrogen-bond acceptors (Lipinski definition) is 6. The molecule has 0 radical (unpaired) electrons. The first-order chi connectivity index (χ1) is 12.7. The maximum absolute atomic E-state index is 12.0. The van der Waals surface area contributed by atoms with Gasteiger partial charge in [0.1, 0.15) is 0 Å². The van der Waals surface area contributed by atoms with Gasteiger partial charge < -0.3 is 15.8 Å². The Kier molecular flexibility index (Phi) is 6.59. The molecule has 0 fully saturated rings.